The summed E-state index contributed by atoms with van der Waals surface area (Å²) in [7, 11) is 0. The van der Waals surface area contributed by atoms with Gasteiger partial charge in [-0.05, 0) is 30.5 Å². The predicted octanol–water partition coefficient (Wildman–Crippen LogP) is 1.85. The van der Waals surface area contributed by atoms with E-state index in [0.29, 0.717) is 6.42 Å². The highest BCUT2D eigenvalue weighted by Gasteiger charge is 2.00. The number of rotatable bonds is 5. The van der Waals surface area contributed by atoms with Gasteiger partial charge in [0.05, 0.1) is 0 Å². The van der Waals surface area contributed by atoms with Crippen molar-refractivity contribution in [1.82, 2.24) is 5.32 Å². The van der Waals surface area contributed by atoms with Crippen LogP contribution in [0.2, 0.25) is 0 Å². The first-order valence-corrected chi connectivity index (χ1v) is 5.27. The Morgan fingerprint density at radius 3 is 2.60 bits per heavy atom. The Labute approximate surface area is 90.1 Å². The van der Waals surface area contributed by atoms with Crippen LogP contribution in [-0.2, 0) is 11.2 Å². The number of nitrogens with one attached hydrogen (secondary N) is 1. The summed E-state index contributed by atoms with van der Waals surface area (Å²) < 4.78 is 0. The third kappa shape index (κ3) is 4.49. The molecule has 0 heterocycles. The van der Waals surface area contributed by atoms with Crippen molar-refractivity contribution in [3.63, 3.8) is 0 Å². The normalized spacial score (nSPS) is 9.93. The van der Waals surface area contributed by atoms with Gasteiger partial charge < -0.3 is 10.4 Å². The van der Waals surface area contributed by atoms with E-state index in [1.54, 1.807) is 12.1 Å². The highest BCUT2D eigenvalue weighted by Crippen LogP contribution is 2.10. The minimum Gasteiger partial charge on any atom is -0.508 e. The third-order valence-electron chi connectivity index (χ3n) is 2.15. The fraction of sp³-hybridized carbons (Fsp3) is 0.417. The van der Waals surface area contributed by atoms with E-state index in [9.17, 15) is 4.79 Å². The van der Waals surface area contributed by atoms with Gasteiger partial charge in [-0.15, -0.1) is 0 Å². The van der Waals surface area contributed by atoms with Crippen LogP contribution in [0.5, 0.6) is 5.75 Å². The van der Waals surface area contributed by atoms with Crippen LogP contribution in [0.4, 0.5) is 0 Å². The lowest BCUT2D eigenvalue weighted by Crippen LogP contribution is -2.24. The lowest BCUT2D eigenvalue weighted by Gasteiger charge is -2.03. The van der Waals surface area contributed by atoms with E-state index in [2.05, 4.69) is 5.32 Å². The summed E-state index contributed by atoms with van der Waals surface area (Å²) in [6, 6.07) is 6.95. The highest BCUT2D eigenvalue weighted by molar-refractivity contribution is 5.76. The van der Waals surface area contributed by atoms with E-state index in [0.717, 1.165) is 24.9 Å². The van der Waals surface area contributed by atoms with Crippen LogP contribution in [0.3, 0.4) is 0 Å². The number of amides is 1. The molecule has 0 spiro atoms. The Morgan fingerprint density at radius 2 is 2.00 bits per heavy atom. The number of aromatic hydroxyl groups is 1. The molecule has 0 saturated carbocycles. The zero-order chi connectivity index (χ0) is 11.1. The molecule has 2 N–H and O–H groups in total. The first-order valence-electron chi connectivity index (χ1n) is 5.27. The number of phenols is 1. The quantitative estimate of drug-likeness (QED) is 0.774. The Morgan fingerprint density at radius 1 is 1.33 bits per heavy atom. The number of carbonyl (C=O) groups excluding carboxylic acids is 1. The first kappa shape index (κ1) is 11.6. The fourth-order valence-corrected chi connectivity index (χ4v) is 1.27. The summed E-state index contributed by atoms with van der Waals surface area (Å²) in [6.45, 7) is 2.77. The topological polar surface area (TPSA) is 49.3 Å². The zero-order valence-corrected chi connectivity index (χ0v) is 8.99. The van der Waals surface area contributed by atoms with E-state index in [-0.39, 0.29) is 11.7 Å². The molecule has 0 saturated heterocycles. The molecular formula is C12H17NO2. The second kappa shape index (κ2) is 6.06. The van der Waals surface area contributed by atoms with Crippen molar-refractivity contribution in [3.05, 3.63) is 29.8 Å². The molecule has 0 atom stereocenters. The molecule has 0 aliphatic rings. The second-order valence-corrected chi connectivity index (χ2v) is 3.52. The molecule has 0 aliphatic carbocycles. The molecule has 1 aromatic rings. The first-order chi connectivity index (χ1) is 7.22. The van der Waals surface area contributed by atoms with Gasteiger partial charge in [0.1, 0.15) is 5.75 Å². The summed E-state index contributed by atoms with van der Waals surface area (Å²) in [4.78, 5) is 11.3. The molecule has 1 rings (SSSR count). The zero-order valence-electron chi connectivity index (χ0n) is 8.99. The molecule has 15 heavy (non-hydrogen) atoms. The summed E-state index contributed by atoms with van der Waals surface area (Å²) >= 11 is 0. The van der Waals surface area contributed by atoms with E-state index in [1.165, 1.54) is 0 Å². The number of hydrogen-bond acceptors (Lipinski definition) is 2. The lowest BCUT2D eigenvalue weighted by molar-refractivity contribution is -0.121. The summed E-state index contributed by atoms with van der Waals surface area (Å²) in [5, 5.41) is 11.9. The van der Waals surface area contributed by atoms with Crippen molar-refractivity contribution >= 4 is 5.91 Å². The standard InChI is InChI=1S/C12H17NO2/c1-2-9-13-12(15)8-5-10-3-6-11(14)7-4-10/h3-4,6-7,14H,2,5,8-9H2,1H3,(H,13,15). The molecule has 3 heteroatoms. The largest absolute Gasteiger partial charge is 0.508 e. The van der Waals surface area contributed by atoms with Crippen LogP contribution in [0, 0.1) is 0 Å². The van der Waals surface area contributed by atoms with Gasteiger partial charge >= 0.3 is 0 Å². The average molecular weight is 207 g/mol. The van der Waals surface area contributed by atoms with E-state index in [4.69, 9.17) is 5.11 Å². The Kier molecular flexibility index (Phi) is 4.68. The van der Waals surface area contributed by atoms with Crippen molar-refractivity contribution < 1.29 is 9.90 Å². The molecule has 0 unspecified atom stereocenters. The molecule has 0 aliphatic heterocycles. The van der Waals surface area contributed by atoms with E-state index < -0.39 is 0 Å². The maximum atomic E-state index is 11.3. The van der Waals surface area contributed by atoms with Gasteiger partial charge in [0, 0.05) is 13.0 Å². The summed E-state index contributed by atoms with van der Waals surface area (Å²) in [5.41, 5.74) is 1.07. The van der Waals surface area contributed by atoms with Crippen LogP contribution in [-0.4, -0.2) is 17.6 Å². The second-order valence-electron chi connectivity index (χ2n) is 3.52. The van der Waals surface area contributed by atoms with Crippen molar-refractivity contribution in [2.24, 2.45) is 0 Å². The van der Waals surface area contributed by atoms with Gasteiger partial charge in [-0.2, -0.15) is 0 Å². The number of aryl methyl sites for hydroxylation is 1. The predicted molar refractivity (Wildman–Crippen MR) is 59.7 cm³/mol. The third-order valence-corrected chi connectivity index (χ3v) is 2.15. The molecule has 82 valence electrons. The maximum Gasteiger partial charge on any atom is 0.220 e. The molecule has 3 nitrogen and oxygen atoms in total. The van der Waals surface area contributed by atoms with Crippen molar-refractivity contribution in [2.75, 3.05) is 6.54 Å². The molecule has 1 amide bonds. The molecule has 0 bridgehead atoms. The Hall–Kier alpha value is -1.51. The highest BCUT2D eigenvalue weighted by atomic mass is 16.3. The van der Waals surface area contributed by atoms with E-state index in [1.807, 2.05) is 19.1 Å². The number of phenolic OH excluding ortho intramolecular Hbond substituents is 1. The Bertz CT molecular complexity index is 306. The number of hydrogen-bond donors (Lipinski definition) is 2. The van der Waals surface area contributed by atoms with Crippen LogP contribution >= 0.6 is 0 Å². The van der Waals surface area contributed by atoms with Crippen LogP contribution in [0.25, 0.3) is 0 Å². The fourth-order valence-electron chi connectivity index (χ4n) is 1.27. The van der Waals surface area contributed by atoms with Gasteiger partial charge in [0.15, 0.2) is 0 Å². The Balaban J connectivity index is 2.30. The van der Waals surface area contributed by atoms with E-state index >= 15 is 0 Å². The molecule has 0 radical (unpaired) electrons. The number of carbonyl (C=O) groups is 1. The average Bonchev–Trinajstić information content (AvgIpc) is 2.25. The van der Waals surface area contributed by atoms with Gasteiger partial charge in [0.2, 0.25) is 5.91 Å². The summed E-state index contributed by atoms with van der Waals surface area (Å²) in [5.74, 6) is 0.346. The SMILES string of the molecule is CCCNC(=O)CCc1ccc(O)cc1. The van der Waals surface area contributed by atoms with Crippen LogP contribution in [0.1, 0.15) is 25.3 Å². The molecule has 1 aromatic carbocycles. The molecule has 0 aromatic heterocycles. The lowest BCUT2D eigenvalue weighted by atomic mass is 10.1. The molecule has 0 fully saturated rings. The maximum absolute atomic E-state index is 11.3. The van der Waals surface area contributed by atoms with Crippen LogP contribution < -0.4 is 5.32 Å². The van der Waals surface area contributed by atoms with Crippen molar-refractivity contribution in [1.29, 1.82) is 0 Å². The molecular weight excluding hydrogens is 190 g/mol. The smallest absolute Gasteiger partial charge is 0.220 e. The minimum atomic E-state index is 0.0879. The number of benzene rings is 1. The van der Waals surface area contributed by atoms with Gasteiger partial charge in [-0.3, -0.25) is 4.79 Å². The monoisotopic (exact) mass is 207 g/mol. The minimum absolute atomic E-state index is 0.0879. The van der Waals surface area contributed by atoms with Gasteiger partial charge in [-0.1, -0.05) is 19.1 Å². The van der Waals surface area contributed by atoms with Gasteiger partial charge in [-0.25, -0.2) is 0 Å². The van der Waals surface area contributed by atoms with Gasteiger partial charge in [0.25, 0.3) is 0 Å². The van der Waals surface area contributed by atoms with Crippen LogP contribution in [0.15, 0.2) is 24.3 Å². The van der Waals surface area contributed by atoms with Crippen molar-refractivity contribution in [3.8, 4) is 5.75 Å². The van der Waals surface area contributed by atoms with Crippen molar-refractivity contribution in [2.45, 2.75) is 26.2 Å². The summed E-state index contributed by atoms with van der Waals surface area (Å²) in [6.07, 6.45) is 2.19.